The Morgan fingerprint density at radius 2 is 2.12 bits per heavy atom. The van der Waals surface area contributed by atoms with Crippen LogP contribution >= 0.6 is 0 Å². The van der Waals surface area contributed by atoms with Gasteiger partial charge in [0.1, 0.15) is 5.82 Å². The first-order chi connectivity index (χ1) is 7.65. The van der Waals surface area contributed by atoms with Gasteiger partial charge in [-0.25, -0.2) is 4.39 Å². The summed E-state index contributed by atoms with van der Waals surface area (Å²) in [7, 11) is 0. The summed E-state index contributed by atoms with van der Waals surface area (Å²) in [4.78, 5) is 11.7. The summed E-state index contributed by atoms with van der Waals surface area (Å²) in [5.74, 6) is -0.423. The van der Waals surface area contributed by atoms with Gasteiger partial charge in [0.05, 0.1) is 0 Å². The van der Waals surface area contributed by atoms with Gasteiger partial charge in [0.2, 0.25) is 0 Å². The molecule has 1 aromatic rings. The van der Waals surface area contributed by atoms with Crippen molar-refractivity contribution < 1.29 is 9.18 Å². The van der Waals surface area contributed by atoms with Crippen LogP contribution in [-0.4, -0.2) is 12.5 Å². The van der Waals surface area contributed by atoms with Crippen LogP contribution in [0.15, 0.2) is 18.2 Å². The van der Waals surface area contributed by atoms with Gasteiger partial charge in [0, 0.05) is 12.1 Å². The van der Waals surface area contributed by atoms with Crippen molar-refractivity contribution in [3.8, 4) is 0 Å². The molecule has 1 rings (SSSR count). The van der Waals surface area contributed by atoms with Crippen LogP contribution in [-0.2, 0) is 0 Å². The maximum Gasteiger partial charge on any atom is 0.251 e. The second kappa shape index (κ2) is 6.26. The fourth-order valence-corrected chi connectivity index (χ4v) is 1.55. The zero-order chi connectivity index (χ0) is 12.0. The molecule has 0 aliphatic heterocycles. The van der Waals surface area contributed by atoms with Gasteiger partial charge in [-0.2, -0.15) is 0 Å². The van der Waals surface area contributed by atoms with Gasteiger partial charge in [-0.05, 0) is 37.1 Å². The minimum atomic E-state index is -0.306. The monoisotopic (exact) mass is 223 g/mol. The van der Waals surface area contributed by atoms with Crippen molar-refractivity contribution in [1.29, 1.82) is 0 Å². The molecule has 0 saturated heterocycles. The van der Waals surface area contributed by atoms with E-state index in [2.05, 4.69) is 12.2 Å². The van der Waals surface area contributed by atoms with Gasteiger partial charge in [-0.3, -0.25) is 4.79 Å². The maximum absolute atomic E-state index is 12.8. The van der Waals surface area contributed by atoms with Crippen molar-refractivity contribution in [3.63, 3.8) is 0 Å². The average molecular weight is 223 g/mol. The molecule has 88 valence electrons. The van der Waals surface area contributed by atoms with Gasteiger partial charge >= 0.3 is 0 Å². The Balaban J connectivity index is 2.53. The molecule has 0 aliphatic carbocycles. The lowest BCUT2D eigenvalue weighted by Gasteiger charge is -2.07. The predicted molar refractivity (Wildman–Crippen MR) is 63.0 cm³/mol. The highest BCUT2D eigenvalue weighted by Crippen LogP contribution is 2.09. The Kier molecular flexibility index (Phi) is 4.96. The molecule has 0 spiro atoms. The zero-order valence-electron chi connectivity index (χ0n) is 9.85. The minimum Gasteiger partial charge on any atom is -0.352 e. The number of amides is 1. The van der Waals surface area contributed by atoms with Crippen LogP contribution in [0.2, 0.25) is 0 Å². The summed E-state index contributed by atoms with van der Waals surface area (Å²) in [6, 6.07) is 4.22. The summed E-state index contributed by atoms with van der Waals surface area (Å²) in [6.07, 6.45) is 3.23. The molecule has 1 N–H and O–H groups in total. The van der Waals surface area contributed by atoms with Gasteiger partial charge in [0.15, 0.2) is 0 Å². The molecule has 0 bridgehead atoms. The SMILES string of the molecule is CCCCCNC(=O)c1ccc(F)cc1C. The van der Waals surface area contributed by atoms with Crippen molar-refractivity contribution in [1.82, 2.24) is 5.32 Å². The number of rotatable bonds is 5. The first-order valence-corrected chi connectivity index (χ1v) is 5.69. The first-order valence-electron chi connectivity index (χ1n) is 5.69. The molecule has 1 aromatic carbocycles. The quantitative estimate of drug-likeness (QED) is 0.764. The molecule has 3 heteroatoms. The molecular formula is C13H18FNO. The van der Waals surface area contributed by atoms with Crippen LogP contribution in [0.1, 0.15) is 42.1 Å². The molecule has 2 nitrogen and oxygen atoms in total. The van der Waals surface area contributed by atoms with Gasteiger partial charge in [0.25, 0.3) is 5.91 Å². The van der Waals surface area contributed by atoms with Crippen molar-refractivity contribution in [2.75, 3.05) is 6.54 Å². The molecular weight excluding hydrogens is 205 g/mol. The fourth-order valence-electron chi connectivity index (χ4n) is 1.55. The third kappa shape index (κ3) is 3.65. The predicted octanol–water partition coefficient (Wildman–Crippen LogP) is 3.05. The summed E-state index contributed by atoms with van der Waals surface area (Å²) in [5, 5.41) is 2.83. The van der Waals surface area contributed by atoms with Crippen molar-refractivity contribution in [2.24, 2.45) is 0 Å². The summed E-state index contributed by atoms with van der Waals surface area (Å²) < 4.78 is 12.8. The van der Waals surface area contributed by atoms with E-state index >= 15 is 0 Å². The van der Waals surface area contributed by atoms with Crippen LogP contribution in [0.25, 0.3) is 0 Å². The normalized spacial score (nSPS) is 10.2. The number of aryl methyl sites for hydroxylation is 1. The fraction of sp³-hybridized carbons (Fsp3) is 0.462. The van der Waals surface area contributed by atoms with E-state index in [0.717, 1.165) is 19.3 Å². The third-order valence-electron chi connectivity index (χ3n) is 2.50. The highest BCUT2D eigenvalue weighted by molar-refractivity contribution is 5.95. The average Bonchev–Trinajstić information content (AvgIpc) is 2.24. The third-order valence-corrected chi connectivity index (χ3v) is 2.50. The molecule has 0 aromatic heterocycles. The molecule has 0 heterocycles. The Morgan fingerprint density at radius 3 is 2.75 bits per heavy atom. The standard InChI is InChI=1S/C13H18FNO/c1-3-4-5-8-15-13(16)12-7-6-11(14)9-10(12)2/h6-7,9H,3-5,8H2,1-2H3,(H,15,16). The maximum atomic E-state index is 12.8. The van der Waals surface area contributed by atoms with E-state index in [1.165, 1.54) is 18.2 Å². The van der Waals surface area contributed by atoms with Crippen LogP contribution < -0.4 is 5.32 Å². The molecule has 0 fully saturated rings. The second-order valence-electron chi connectivity index (χ2n) is 3.92. The van der Waals surface area contributed by atoms with E-state index < -0.39 is 0 Å². The van der Waals surface area contributed by atoms with Crippen molar-refractivity contribution in [2.45, 2.75) is 33.1 Å². The number of unbranched alkanes of at least 4 members (excludes halogenated alkanes) is 2. The van der Waals surface area contributed by atoms with Crippen LogP contribution in [0.5, 0.6) is 0 Å². The lowest BCUT2D eigenvalue weighted by molar-refractivity contribution is 0.0952. The van der Waals surface area contributed by atoms with E-state index in [9.17, 15) is 9.18 Å². The van der Waals surface area contributed by atoms with Crippen LogP contribution in [0.3, 0.4) is 0 Å². The lowest BCUT2D eigenvalue weighted by atomic mass is 10.1. The largest absolute Gasteiger partial charge is 0.352 e. The Hall–Kier alpha value is -1.38. The molecule has 1 amide bonds. The Morgan fingerprint density at radius 1 is 1.38 bits per heavy atom. The van der Waals surface area contributed by atoms with Gasteiger partial charge in [-0.15, -0.1) is 0 Å². The summed E-state index contributed by atoms with van der Waals surface area (Å²) >= 11 is 0. The number of hydrogen-bond acceptors (Lipinski definition) is 1. The van der Waals surface area contributed by atoms with Gasteiger partial charge < -0.3 is 5.32 Å². The van der Waals surface area contributed by atoms with Crippen LogP contribution in [0, 0.1) is 12.7 Å². The van der Waals surface area contributed by atoms with Gasteiger partial charge in [-0.1, -0.05) is 19.8 Å². The number of benzene rings is 1. The van der Waals surface area contributed by atoms with E-state index in [1.807, 2.05) is 0 Å². The van der Waals surface area contributed by atoms with E-state index in [0.29, 0.717) is 17.7 Å². The number of hydrogen-bond donors (Lipinski definition) is 1. The van der Waals surface area contributed by atoms with E-state index in [1.54, 1.807) is 6.92 Å². The molecule has 0 unspecified atom stereocenters. The molecule has 0 saturated carbocycles. The zero-order valence-corrected chi connectivity index (χ0v) is 9.85. The number of carbonyl (C=O) groups is 1. The van der Waals surface area contributed by atoms with E-state index in [-0.39, 0.29) is 11.7 Å². The molecule has 0 aliphatic rings. The minimum absolute atomic E-state index is 0.117. The van der Waals surface area contributed by atoms with Crippen LogP contribution in [0.4, 0.5) is 4.39 Å². The summed E-state index contributed by atoms with van der Waals surface area (Å²) in [6.45, 7) is 4.54. The second-order valence-corrected chi connectivity index (χ2v) is 3.92. The highest BCUT2D eigenvalue weighted by Gasteiger charge is 2.08. The Labute approximate surface area is 95.9 Å². The molecule has 0 atom stereocenters. The van der Waals surface area contributed by atoms with Crippen molar-refractivity contribution >= 4 is 5.91 Å². The van der Waals surface area contributed by atoms with Crippen molar-refractivity contribution in [3.05, 3.63) is 35.1 Å². The number of nitrogens with one attached hydrogen (secondary N) is 1. The summed E-state index contributed by atoms with van der Waals surface area (Å²) in [5.41, 5.74) is 1.23. The highest BCUT2D eigenvalue weighted by atomic mass is 19.1. The molecule has 0 radical (unpaired) electrons. The Bertz CT molecular complexity index is 363. The van der Waals surface area contributed by atoms with E-state index in [4.69, 9.17) is 0 Å². The lowest BCUT2D eigenvalue weighted by Crippen LogP contribution is -2.25. The smallest absolute Gasteiger partial charge is 0.251 e. The first kappa shape index (κ1) is 12.7. The molecule has 16 heavy (non-hydrogen) atoms. The topological polar surface area (TPSA) is 29.1 Å². The number of halogens is 1. The number of carbonyl (C=O) groups excluding carboxylic acids is 1.